The summed E-state index contributed by atoms with van der Waals surface area (Å²) in [6.45, 7) is 8.33. The Bertz CT molecular complexity index is 116. The summed E-state index contributed by atoms with van der Waals surface area (Å²) < 4.78 is 5.17. The van der Waals surface area contributed by atoms with E-state index in [9.17, 15) is 0 Å². The zero-order valence-corrected chi connectivity index (χ0v) is 7.66. The first kappa shape index (κ1) is 8.35. The second-order valence-corrected chi connectivity index (χ2v) is 4.42. The molecule has 60 valence electrons. The van der Waals surface area contributed by atoms with Crippen LogP contribution >= 0.6 is 11.6 Å². The summed E-state index contributed by atoms with van der Waals surface area (Å²) in [7, 11) is 0. The highest BCUT2D eigenvalue weighted by Crippen LogP contribution is 2.45. The summed E-state index contributed by atoms with van der Waals surface area (Å²) in [5.41, 5.74) is 0.529. The first-order valence-corrected chi connectivity index (χ1v) is 4.19. The van der Waals surface area contributed by atoms with Gasteiger partial charge in [0.2, 0.25) is 0 Å². The third-order valence-corrected chi connectivity index (χ3v) is 3.12. The van der Waals surface area contributed by atoms with Gasteiger partial charge in [0, 0.05) is 11.3 Å². The van der Waals surface area contributed by atoms with E-state index >= 15 is 0 Å². The normalized spacial score (nSPS) is 24.0. The summed E-state index contributed by atoms with van der Waals surface area (Å²) in [4.78, 5) is 0. The maximum Gasteiger partial charge on any atom is 0.0561 e. The Balaban J connectivity index is 2.65. The number of ether oxygens (including phenoxy) is 1. The molecule has 0 aliphatic carbocycles. The molecule has 1 aliphatic rings. The van der Waals surface area contributed by atoms with E-state index in [-0.39, 0.29) is 10.8 Å². The highest BCUT2D eigenvalue weighted by atomic mass is 35.5. The molecule has 0 aromatic rings. The van der Waals surface area contributed by atoms with Crippen LogP contribution in [0.2, 0.25) is 0 Å². The molecule has 1 fully saturated rings. The van der Waals surface area contributed by atoms with Gasteiger partial charge in [0.05, 0.1) is 13.2 Å². The highest BCUT2D eigenvalue weighted by molar-refractivity contribution is 6.18. The van der Waals surface area contributed by atoms with Gasteiger partial charge in [-0.1, -0.05) is 20.8 Å². The van der Waals surface area contributed by atoms with E-state index in [1.807, 2.05) is 0 Å². The van der Waals surface area contributed by atoms with Crippen LogP contribution in [0.15, 0.2) is 0 Å². The minimum absolute atomic E-state index is 0.245. The fourth-order valence-electron chi connectivity index (χ4n) is 1.06. The molecule has 2 heteroatoms. The highest BCUT2D eigenvalue weighted by Gasteiger charge is 2.47. The Morgan fingerprint density at radius 1 is 1.40 bits per heavy atom. The molecule has 1 aliphatic heterocycles. The molecule has 0 N–H and O–H groups in total. The van der Waals surface area contributed by atoms with E-state index in [0.717, 1.165) is 19.1 Å². The molecule has 0 amide bonds. The van der Waals surface area contributed by atoms with Gasteiger partial charge in [-0.15, -0.1) is 11.6 Å². The van der Waals surface area contributed by atoms with Gasteiger partial charge >= 0.3 is 0 Å². The molecule has 1 nitrogen and oxygen atoms in total. The molecule has 1 saturated heterocycles. The van der Waals surface area contributed by atoms with E-state index in [1.54, 1.807) is 0 Å². The van der Waals surface area contributed by atoms with Crippen LogP contribution in [0.3, 0.4) is 0 Å². The Labute approximate surface area is 67.7 Å². The van der Waals surface area contributed by atoms with Crippen LogP contribution in [0, 0.1) is 10.8 Å². The average molecular weight is 163 g/mol. The molecule has 1 heterocycles. The van der Waals surface area contributed by atoms with E-state index in [4.69, 9.17) is 16.3 Å². The molecular formula is C8H15ClO. The van der Waals surface area contributed by atoms with Crippen LogP contribution in [-0.4, -0.2) is 19.1 Å². The Morgan fingerprint density at radius 3 is 1.90 bits per heavy atom. The van der Waals surface area contributed by atoms with Crippen molar-refractivity contribution in [1.82, 2.24) is 0 Å². The molecule has 0 atom stereocenters. The Morgan fingerprint density at radius 2 is 1.90 bits per heavy atom. The van der Waals surface area contributed by atoms with Gasteiger partial charge in [0.1, 0.15) is 0 Å². The largest absolute Gasteiger partial charge is 0.380 e. The average Bonchev–Trinajstić information content (AvgIpc) is 1.58. The lowest BCUT2D eigenvalue weighted by Gasteiger charge is -2.49. The maximum atomic E-state index is 5.86. The van der Waals surface area contributed by atoms with Crippen LogP contribution in [-0.2, 0) is 4.74 Å². The molecule has 1 rings (SSSR count). The SMILES string of the molecule is CC(C)(C)C1(CCl)COC1. The number of alkyl halides is 1. The Hall–Kier alpha value is 0.250. The van der Waals surface area contributed by atoms with Crippen molar-refractivity contribution < 1.29 is 4.74 Å². The van der Waals surface area contributed by atoms with E-state index < -0.39 is 0 Å². The lowest BCUT2D eigenvalue weighted by Crippen LogP contribution is -2.53. The zero-order valence-electron chi connectivity index (χ0n) is 6.91. The maximum absolute atomic E-state index is 5.86. The molecule has 0 spiro atoms. The van der Waals surface area contributed by atoms with Crippen molar-refractivity contribution in [2.24, 2.45) is 10.8 Å². The lowest BCUT2D eigenvalue weighted by atomic mass is 9.66. The van der Waals surface area contributed by atoms with Crippen molar-refractivity contribution in [2.75, 3.05) is 19.1 Å². The van der Waals surface area contributed by atoms with Crippen molar-refractivity contribution in [3.63, 3.8) is 0 Å². The van der Waals surface area contributed by atoms with Gasteiger partial charge in [-0.2, -0.15) is 0 Å². The molecule has 10 heavy (non-hydrogen) atoms. The molecule has 0 aromatic heterocycles. The summed E-state index contributed by atoms with van der Waals surface area (Å²) in [6.07, 6.45) is 0. The third-order valence-electron chi connectivity index (χ3n) is 2.60. The standard InChI is InChI=1S/C8H15ClO/c1-7(2,3)8(4-9)5-10-6-8/h4-6H2,1-3H3. The van der Waals surface area contributed by atoms with E-state index in [0.29, 0.717) is 0 Å². The first-order chi connectivity index (χ1) is 4.52. The van der Waals surface area contributed by atoms with Gasteiger partial charge in [-0.25, -0.2) is 0 Å². The van der Waals surface area contributed by atoms with Gasteiger partial charge in [0.25, 0.3) is 0 Å². The van der Waals surface area contributed by atoms with Crippen molar-refractivity contribution >= 4 is 11.6 Å². The summed E-state index contributed by atoms with van der Waals surface area (Å²) in [5, 5.41) is 0. The topological polar surface area (TPSA) is 9.23 Å². The van der Waals surface area contributed by atoms with E-state index in [2.05, 4.69) is 20.8 Å². The summed E-state index contributed by atoms with van der Waals surface area (Å²) >= 11 is 5.86. The molecule has 0 saturated carbocycles. The van der Waals surface area contributed by atoms with Crippen molar-refractivity contribution in [1.29, 1.82) is 0 Å². The molecule has 0 aromatic carbocycles. The Kier molecular flexibility index (Phi) is 1.99. The quantitative estimate of drug-likeness (QED) is 0.538. The zero-order chi connectivity index (χ0) is 7.83. The van der Waals surface area contributed by atoms with Gasteiger partial charge < -0.3 is 4.74 Å². The van der Waals surface area contributed by atoms with Crippen LogP contribution < -0.4 is 0 Å². The first-order valence-electron chi connectivity index (χ1n) is 3.66. The predicted octanol–water partition coefficient (Wildman–Crippen LogP) is 2.29. The third kappa shape index (κ3) is 1.06. The van der Waals surface area contributed by atoms with Crippen LogP contribution in [0.5, 0.6) is 0 Å². The van der Waals surface area contributed by atoms with Crippen LogP contribution in [0.1, 0.15) is 20.8 Å². The van der Waals surface area contributed by atoms with Crippen LogP contribution in [0.4, 0.5) is 0 Å². The molecular weight excluding hydrogens is 148 g/mol. The monoisotopic (exact) mass is 162 g/mol. The van der Waals surface area contributed by atoms with Crippen LogP contribution in [0.25, 0.3) is 0 Å². The number of hydrogen-bond donors (Lipinski definition) is 0. The summed E-state index contributed by atoms with van der Waals surface area (Å²) in [6, 6.07) is 0. The van der Waals surface area contributed by atoms with Crippen molar-refractivity contribution in [2.45, 2.75) is 20.8 Å². The lowest BCUT2D eigenvalue weighted by molar-refractivity contribution is -0.155. The molecule has 0 unspecified atom stereocenters. The minimum atomic E-state index is 0.245. The van der Waals surface area contributed by atoms with Crippen molar-refractivity contribution in [3.8, 4) is 0 Å². The van der Waals surface area contributed by atoms with Gasteiger partial charge in [-0.3, -0.25) is 0 Å². The fraction of sp³-hybridized carbons (Fsp3) is 1.00. The smallest absolute Gasteiger partial charge is 0.0561 e. The van der Waals surface area contributed by atoms with Gasteiger partial charge in [-0.05, 0) is 5.41 Å². The second kappa shape index (κ2) is 2.38. The fourth-order valence-corrected chi connectivity index (χ4v) is 1.61. The second-order valence-electron chi connectivity index (χ2n) is 4.16. The predicted molar refractivity (Wildman–Crippen MR) is 43.4 cm³/mol. The summed E-state index contributed by atoms with van der Waals surface area (Å²) in [5.74, 6) is 0.719. The number of hydrogen-bond acceptors (Lipinski definition) is 1. The van der Waals surface area contributed by atoms with Crippen molar-refractivity contribution in [3.05, 3.63) is 0 Å². The molecule has 0 radical (unpaired) electrons. The molecule has 0 bridgehead atoms. The van der Waals surface area contributed by atoms with E-state index in [1.165, 1.54) is 0 Å². The number of halogens is 1. The van der Waals surface area contributed by atoms with Gasteiger partial charge in [0.15, 0.2) is 0 Å². The number of rotatable bonds is 1. The minimum Gasteiger partial charge on any atom is -0.380 e.